The van der Waals surface area contributed by atoms with Crippen LogP contribution in [0.15, 0.2) is 36.4 Å². The van der Waals surface area contributed by atoms with Crippen molar-refractivity contribution in [3.8, 4) is 16.9 Å². The fourth-order valence-electron chi connectivity index (χ4n) is 2.74. The molecule has 1 aliphatic rings. The van der Waals surface area contributed by atoms with E-state index in [2.05, 4.69) is 64.1 Å². The lowest BCUT2D eigenvalue weighted by atomic mass is 9.85. The van der Waals surface area contributed by atoms with Crippen molar-refractivity contribution in [3.05, 3.63) is 53.1 Å². The number of ether oxygens (including phenoxy) is 1. The molecule has 0 fully saturated rings. The average molecular weight is 266 g/mol. The molecule has 0 aliphatic carbocycles. The third-order valence-corrected chi connectivity index (χ3v) is 4.10. The Morgan fingerprint density at radius 1 is 1.00 bits per heavy atom. The van der Waals surface area contributed by atoms with Crippen molar-refractivity contribution in [1.29, 1.82) is 0 Å². The van der Waals surface area contributed by atoms with Gasteiger partial charge in [0.15, 0.2) is 0 Å². The lowest BCUT2D eigenvalue weighted by molar-refractivity contribution is 0.301. The van der Waals surface area contributed by atoms with Crippen molar-refractivity contribution >= 4 is 0 Å². The maximum atomic E-state index is 5.99. The molecule has 0 radical (unpaired) electrons. The summed E-state index contributed by atoms with van der Waals surface area (Å²) < 4.78 is 5.99. The van der Waals surface area contributed by atoms with Gasteiger partial charge in [0.1, 0.15) is 12.4 Å². The fourth-order valence-corrected chi connectivity index (χ4v) is 2.74. The van der Waals surface area contributed by atoms with E-state index in [0.29, 0.717) is 6.61 Å². The highest BCUT2D eigenvalue weighted by atomic mass is 16.5. The normalized spacial score (nSPS) is 13.4. The number of rotatable bonds is 1. The summed E-state index contributed by atoms with van der Waals surface area (Å²) in [5.74, 6) is 1.02. The predicted molar refractivity (Wildman–Crippen MR) is 84.3 cm³/mol. The number of benzene rings is 2. The Kier molecular flexibility index (Phi) is 3.08. The van der Waals surface area contributed by atoms with Crippen LogP contribution >= 0.6 is 0 Å². The van der Waals surface area contributed by atoms with Gasteiger partial charge in [-0.25, -0.2) is 0 Å². The maximum absolute atomic E-state index is 5.99. The highest BCUT2D eigenvalue weighted by Crippen LogP contribution is 2.40. The molecule has 1 aliphatic heterocycles. The summed E-state index contributed by atoms with van der Waals surface area (Å²) >= 11 is 0. The lowest BCUT2D eigenvalue weighted by Gasteiger charge is -2.25. The van der Waals surface area contributed by atoms with Crippen molar-refractivity contribution in [2.75, 3.05) is 0 Å². The summed E-state index contributed by atoms with van der Waals surface area (Å²) in [6.07, 6.45) is 1.07. The van der Waals surface area contributed by atoms with Crippen LogP contribution in [0.25, 0.3) is 11.1 Å². The SMILES string of the molecule is CCc1ccc2c(c1)COc1cc(C(C)(C)C)ccc1-2. The lowest BCUT2D eigenvalue weighted by Crippen LogP contribution is -2.13. The van der Waals surface area contributed by atoms with E-state index in [9.17, 15) is 0 Å². The molecule has 0 unspecified atom stereocenters. The minimum atomic E-state index is 0.157. The highest BCUT2D eigenvalue weighted by molar-refractivity contribution is 5.75. The molecule has 0 saturated carbocycles. The second kappa shape index (κ2) is 4.66. The molecule has 104 valence electrons. The Balaban J connectivity index is 2.09. The van der Waals surface area contributed by atoms with E-state index in [1.54, 1.807) is 0 Å². The fraction of sp³-hybridized carbons (Fsp3) is 0.368. The molecule has 0 spiro atoms. The van der Waals surface area contributed by atoms with Crippen LogP contribution in [0.2, 0.25) is 0 Å². The molecule has 1 nitrogen and oxygen atoms in total. The van der Waals surface area contributed by atoms with Crippen molar-refractivity contribution in [2.45, 2.75) is 46.1 Å². The summed E-state index contributed by atoms with van der Waals surface area (Å²) in [6, 6.07) is 13.4. The topological polar surface area (TPSA) is 9.23 Å². The number of hydrogen-bond donors (Lipinski definition) is 0. The van der Waals surface area contributed by atoms with E-state index in [1.165, 1.54) is 27.8 Å². The molecule has 0 saturated heterocycles. The molecule has 2 aromatic carbocycles. The van der Waals surface area contributed by atoms with Crippen LogP contribution in [0, 0.1) is 0 Å². The van der Waals surface area contributed by atoms with Gasteiger partial charge in [-0.2, -0.15) is 0 Å². The van der Waals surface area contributed by atoms with Crippen LogP contribution in [-0.2, 0) is 18.4 Å². The number of aryl methyl sites for hydroxylation is 1. The molecule has 2 aromatic rings. The van der Waals surface area contributed by atoms with Gasteiger partial charge in [0, 0.05) is 5.56 Å². The van der Waals surface area contributed by atoms with E-state index < -0.39 is 0 Å². The minimum absolute atomic E-state index is 0.157. The second-order valence-electron chi connectivity index (χ2n) is 6.59. The van der Waals surface area contributed by atoms with Crippen molar-refractivity contribution in [3.63, 3.8) is 0 Å². The van der Waals surface area contributed by atoms with Crippen molar-refractivity contribution in [2.24, 2.45) is 0 Å². The molecule has 3 rings (SSSR count). The van der Waals surface area contributed by atoms with Gasteiger partial charge in [0.2, 0.25) is 0 Å². The molecular weight excluding hydrogens is 244 g/mol. The van der Waals surface area contributed by atoms with E-state index in [1.807, 2.05) is 0 Å². The highest BCUT2D eigenvalue weighted by Gasteiger charge is 2.21. The minimum Gasteiger partial charge on any atom is -0.488 e. The Morgan fingerprint density at radius 2 is 1.75 bits per heavy atom. The molecule has 0 N–H and O–H groups in total. The first kappa shape index (κ1) is 13.2. The van der Waals surface area contributed by atoms with E-state index in [4.69, 9.17) is 4.74 Å². The Hall–Kier alpha value is -1.76. The summed E-state index contributed by atoms with van der Waals surface area (Å²) in [6.45, 7) is 9.58. The van der Waals surface area contributed by atoms with Gasteiger partial charge in [-0.15, -0.1) is 0 Å². The van der Waals surface area contributed by atoms with Crippen LogP contribution < -0.4 is 4.74 Å². The first-order valence-electron chi connectivity index (χ1n) is 7.38. The van der Waals surface area contributed by atoms with Crippen LogP contribution in [0.1, 0.15) is 44.4 Å². The molecule has 0 aromatic heterocycles. The summed E-state index contributed by atoms with van der Waals surface area (Å²) in [5.41, 5.74) is 6.71. The predicted octanol–water partition coefficient (Wildman–Crippen LogP) is 5.11. The smallest absolute Gasteiger partial charge is 0.127 e. The van der Waals surface area contributed by atoms with Gasteiger partial charge in [-0.1, -0.05) is 58.0 Å². The first-order valence-corrected chi connectivity index (χ1v) is 7.38. The summed E-state index contributed by atoms with van der Waals surface area (Å²) in [4.78, 5) is 0. The second-order valence-corrected chi connectivity index (χ2v) is 6.59. The molecular formula is C19H22O. The zero-order valence-corrected chi connectivity index (χ0v) is 12.8. The van der Waals surface area contributed by atoms with E-state index in [0.717, 1.165) is 12.2 Å². The van der Waals surface area contributed by atoms with Gasteiger partial charge in [-0.05, 0) is 40.2 Å². The summed E-state index contributed by atoms with van der Waals surface area (Å²) in [5, 5.41) is 0. The molecule has 0 atom stereocenters. The Bertz CT molecular complexity index is 647. The number of hydrogen-bond acceptors (Lipinski definition) is 1. The van der Waals surface area contributed by atoms with Crippen LogP contribution in [-0.4, -0.2) is 0 Å². The largest absolute Gasteiger partial charge is 0.488 e. The zero-order chi connectivity index (χ0) is 14.3. The quantitative estimate of drug-likeness (QED) is 0.697. The maximum Gasteiger partial charge on any atom is 0.127 e. The third kappa shape index (κ3) is 2.22. The molecule has 1 heterocycles. The zero-order valence-electron chi connectivity index (χ0n) is 12.8. The van der Waals surface area contributed by atoms with Crippen molar-refractivity contribution < 1.29 is 4.74 Å². The Labute approximate surface area is 121 Å². The van der Waals surface area contributed by atoms with Gasteiger partial charge in [0.05, 0.1) is 0 Å². The molecule has 0 amide bonds. The average Bonchev–Trinajstić information content (AvgIpc) is 2.44. The first-order chi connectivity index (χ1) is 9.49. The number of fused-ring (bicyclic) bond motifs is 3. The van der Waals surface area contributed by atoms with Crippen LogP contribution in [0.3, 0.4) is 0 Å². The summed E-state index contributed by atoms with van der Waals surface area (Å²) in [7, 11) is 0. The molecule has 1 heteroatoms. The van der Waals surface area contributed by atoms with E-state index >= 15 is 0 Å². The van der Waals surface area contributed by atoms with Crippen LogP contribution in [0.4, 0.5) is 0 Å². The van der Waals surface area contributed by atoms with E-state index in [-0.39, 0.29) is 5.41 Å². The standard InChI is InChI=1S/C19H22O/c1-5-13-6-8-16-14(10-13)12-20-18-11-15(19(2,3)4)7-9-17(16)18/h6-11H,5,12H2,1-4H3. The van der Waals surface area contributed by atoms with Crippen LogP contribution in [0.5, 0.6) is 5.75 Å². The van der Waals surface area contributed by atoms with Gasteiger partial charge in [0.25, 0.3) is 0 Å². The van der Waals surface area contributed by atoms with Crippen molar-refractivity contribution in [1.82, 2.24) is 0 Å². The third-order valence-electron chi connectivity index (χ3n) is 4.10. The van der Waals surface area contributed by atoms with Gasteiger partial charge < -0.3 is 4.74 Å². The molecule has 0 bridgehead atoms. The van der Waals surface area contributed by atoms with Gasteiger partial charge in [-0.3, -0.25) is 0 Å². The molecule has 20 heavy (non-hydrogen) atoms. The monoisotopic (exact) mass is 266 g/mol. The van der Waals surface area contributed by atoms with Gasteiger partial charge >= 0.3 is 0 Å². The Morgan fingerprint density at radius 3 is 2.45 bits per heavy atom.